The Morgan fingerprint density at radius 3 is 2.61 bits per heavy atom. The quantitative estimate of drug-likeness (QED) is 0.525. The summed E-state index contributed by atoms with van der Waals surface area (Å²) in [6.45, 7) is 5.36. The number of morpholine rings is 1. The molecule has 1 aromatic carbocycles. The largest absolute Gasteiger partial charge is 0.459 e. The van der Waals surface area contributed by atoms with Crippen LogP contribution < -0.4 is 5.32 Å². The number of benzene rings is 1. The fourth-order valence-corrected chi connectivity index (χ4v) is 4.86. The molecular weight excluding hydrogens is 439 g/mol. The molecule has 2 aliphatic rings. The predicted molar refractivity (Wildman–Crippen MR) is 128 cm³/mol. The van der Waals surface area contributed by atoms with E-state index in [0.717, 1.165) is 62.8 Å². The first-order chi connectivity index (χ1) is 16.2. The van der Waals surface area contributed by atoms with E-state index in [-0.39, 0.29) is 17.9 Å². The molecule has 33 heavy (non-hydrogen) atoms. The zero-order valence-electron chi connectivity index (χ0n) is 18.3. The van der Waals surface area contributed by atoms with Gasteiger partial charge in [-0.2, -0.15) is 0 Å². The van der Waals surface area contributed by atoms with Gasteiger partial charge in [-0.25, -0.2) is 4.39 Å². The molecule has 0 unspecified atom stereocenters. The number of nitrogens with zero attached hydrogens (tertiary/aromatic N) is 3. The average Bonchev–Trinajstić information content (AvgIpc) is 3.46. The molecule has 5 rings (SSSR count). The highest BCUT2D eigenvalue weighted by atomic mass is 32.1. The van der Waals surface area contributed by atoms with Crippen molar-refractivity contribution < 1.29 is 13.5 Å². The number of rotatable bonds is 7. The highest BCUT2D eigenvalue weighted by Crippen LogP contribution is 2.40. The number of hydrogen-bond donors (Lipinski definition) is 1. The molecule has 0 aliphatic carbocycles. The average molecular weight is 467 g/mol. The number of halogens is 1. The molecule has 2 fully saturated rings. The van der Waals surface area contributed by atoms with Gasteiger partial charge in [0.05, 0.1) is 24.9 Å². The van der Waals surface area contributed by atoms with E-state index >= 15 is 0 Å². The maximum Gasteiger partial charge on any atom is 0.170 e. The second-order valence-electron chi connectivity index (χ2n) is 8.34. The SMILES string of the molecule is Fc1ccc(-c2ccc([C@H]3[C@H](c4ccccn4)NC(=S)N3CCCN3CCOCC3)o2)cc1. The zero-order valence-corrected chi connectivity index (χ0v) is 19.1. The Balaban J connectivity index is 1.39. The molecule has 172 valence electrons. The van der Waals surface area contributed by atoms with Gasteiger partial charge in [0.15, 0.2) is 5.11 Å². The van der Waals surface area contributed by atoms with Gasteiger partial charge >= 0.3 is 0 Å². The molecule has 2 atom stereocenters. The third kappa shape index (κ3) is 4.93. The minimum Gasteiger partial charge on any atom is -0.459 e. The van der Waals surface area contributed by atoms with E-state index < -0.39 is 0 Å². The number of furan rings is 1. The first-order valence-electron chi connectivity index (χ1n) is 11.3. The van der Waals surface area contributed by atoms with Crippen LogP contribution in [0.4, 0.5) is 4.39 Å². The lowest BCUT2D eigenvalue weighted by Crippen LogP contribution is -2.38. The van der Waals surface area contributed by atoms with Crippen LogP contribution in [0.1, 0.15) is 30.0 Å². The van der Waals surface area contributed by atoms with Gasteiger partial charge in [-0.3, -0.25) is 9.88 Å². The van der Waals surface area contributed by atoms with E-state index in [1.165, 1.54) is 12.1 Å². The first-order valence-corrected chi connectivity index (χ1v) is 11.7. The Morgan fingerprint density at radius 2 is 1.85 bits per heavy atom. The number of nitrogens with one attached hydrogen (secondary N) is 1. The van der Waals surface area contributed by atoms with Gasteiger partial charge in [0, 0.05) is 37.9 Å². The van der Waals surface area contributed by atoms with Gasteiger partial charge < -0.3 is 19.4 Å². The molecule has 0 bridgehead atoms. The van der Waals surface area contributed by atoms with E-state index in [2.05, 4.69) is 20.1 Å². The summed E-state index contributed by atoms with van der Waals surface area (Å²) in [5.41, 5.74) is 1.75. The van der Waals surface area contributed by atoms with Gasteiger partial charge in [-0.1, -0.05) is 6.07 Å². The fraction of sp³-hybridized carbons (Fsp3) is 0.360. The molecule has 6 nitrogen and oxygen atoms in total. The normalized spacial score (nSPS) is 21.4. The summed E-state index contributed by atoms with van der Waals surface area (Å²) < 4.78 is 25.1. The summed E-state index contributed by atoms with van der Waals surface area (Å²) in [7, 11) is 0. The maximum absolute atomic E-state index is 13.4. The predicted octanol–water partition coefficient (Wildman–Crippen LogP) is 4.18. The summed E-state index contributed by atoms with van der Waals surface area (Å²) in [6.07, 6.45) is 2.78. The van der Waals surface area contributed by atoms with Gasteiger partial charge in [0.25, 0.3) is 0 Å². The van der Waals surface area contributed by atoms with E-state index in [9.17, 15) is 4.39 Å². The van der Waals surface area contributed by atoms with Crippen LogP contribution in [0.2, 0.25) is 0 Å². The monoisotopic (exact) mass is 466 g/mol. The Morgan fingerprint density at radius 1 is 1.03 bits per heavy atom. The van der Waals surface area contributed by atoms with E-state index in [1.807, 2.05) is 30.3 Å². The van der Waals surface area contributed by atoms with Crippen LogP contribution in [0.5, 0.6) is 0 Å². The summed E-state index contributed by atoms with van der Waals surface area (Å²) in [5.74, 6) is 1.25. The molecule has 3 aromatic rings. The molecule has 1 N–H and O–H groups in total. The lowest BCUT2D eigenvalue weighted by atomic mass is 10.0. The number of hydrogen-bond acceptors (Lipinski definition) is 5. The minimum absolute atomic E-state index is 0.116. The van der Waals surface area contributed by atoms with Crippen molar-refractivity contribution in [1.82, 2.24) is 20.1 Å². The van der Waals surface area contributed by atoms with Crippen molar-refractivity contribution >= 4 is 17.3 Å². The lowest BCUT2D eigenvalue weighted by molar-refractivity contribution is 0.0365. The van der Waals surface area contributed by atoms with Crippen molar-refractivity contribution in [2.75, 3.05) is 39.4 Å². The first kappa shape index (κ1) is 22.0. The Bertz CT molecular complexity index is 1070. The van der Waals surface area contributed by atoms with E-state index in [4.69, 9.17) is 21.4 Å². The molecule has 4 heterocycles. The standard InChI is InChI=1S/C25H27FN4O2S/c26-19-7-5-18(6-8-19)21-9-10-22(32-21)24-23(20-4-1-2-11-27-20)28-25(33)30(24)13-3-12-29-14-16-31-17-15-29/h1-2,4-11,23-24H,3,12-17H2,(H,28,33)/t23-,24-/m0/s1. The Labute approximate surface area is 198 Å². The summed E-state index contributed by atoms with van der Waals surface area (Å²) in [6, 6.07) is 15.9. The molecule has 2 aromatic heterocycles. The maximum atomic E-state index is 13.4. The second-order valence-corrected chi connectivity index (χ2v) is 8.72. The smallest absolute Gasteiger partial charge is 0.170 e. The lowest BCUT2D eigenvalue weighted by Gasteiger charge is -2.29. The van der Waals surface area contributed by atoms with Crippen molar-refractivity contribution in [3.63, 3.8) is 0 Å². The molecule has 0 radical (unpaired) electrons. The summed E-state index contributed by atoms with van der Waals surface area (Å²) in [5, 5.41) is 4.17. The van der Waals surface area contributed by atoms with Crippen molar-refractivity contribution in [2.45, 2.75) is 18.5 Å². The van der Waals surface area contributed by atoms with Crippen LogP contribution >= 0.6 is 12.2 Å². The highest BCUT2D eigenvalue weighted by Gasteiger charge is 2.41. The molecule has 0 amide bonds. The molecule has 0 saturated carbocycles. The molecule has 2 saturated heterocycles. The van der Waals surface area contributed by atoms with Crippen molar-refractivity contribution in [2.24, 2.45) is 0 Å². The van der Waals surface area contributed by atoms with Crippen LogP contribution in [0.25, 0.3) is 11.3 Å². The Kier molecular flexibility index (Phi) is 6.66. The van der Waals surface area contributed by atoms with Crippen molar-refractivity contribution in [3.05, 3.63) is 78.1 Å². The van der Waals surface area contributed by atoms with Gasteiger partial charge in [-0.15, -0.1) is 0 Å². The molecule has 2 aliphatic heterocycles. The van der Waals surface area contributed by atoms with Crippen LogP contribution in [0.3, 0.4) is 0 Å². The van der Waals surface area contributed by atoms with Crippen LogP contribution in [-0.4, -0.2) is 59.3 Å². The van der Waals surface area contributed by atoms with Crippen LogP contribution in [-0.2, 0) is 4.74 Å². The summed E-state index contributed by atoms with van der Waals surface area (Å²) in [4.78, 5) is 9.22. The number of aromatic nitrogens is 1. The number of thiocarbonyl (C=S) groups is 1. The van der Waals surface area contributed by atoms with Gasteiger partial charge in [0.1, 0.15) is 23.4 Å². The third-order valence-electron chi connectivity index (χ3n) is 6.22. The van der Waals surface area contributed by atoms with Crippen LogP contribution in [0, 0.1) is 5.82 Å². The third-order valence-corrected chi connectivity index (χ3v) is 6.57. The van der Waals surface area contributed by atoms with E-state index in [0.29, 0.717) is 10.9 Å². The van der Waals surface area contributed by atoms with Crippen molar-refractivity contribution in [3.8, 4) is 11.3 Å². The molecule has 8 heteroatoms. The minimum atomic E-state index is -0.266. The van der Waals surface area contributed by atoms with Crippen molar-refractivity contribution in [1.29, 1.82) is 0 Å². The zero-order chi connectivity index (χ0) is 22.6. The molecule has 0 spiro atoms. The van der Waals surface area contributed by atoms with Gasteiger partial charge in [0.2, 0.25) is 0 Å². The molecular formula is C25H27FN4O2S. The second kappa shape index (κ2) is 9.99. The summed E-state index contributed by atoms with van der Waals surface area (Å²) >= 11 is 5.75. The Hall–Kier alpha value is -2.81. The van der Waals surface area contributed by atoms with E-state index in [1.54, 1.807) is 18.3 Å². The topological polar surface area (TPSA) is 53.8 Å². The number of ether oxygens (including phenoxy) is 1. The number of pyridine rings is 1. The van der Waals surface area contributed by atoms with Gasteiger partial charge in [-0.05, 0) is 67.2 Å². The highest BCUT2D eigenvalue weighted by molar-refractivity contribution is 7.80. The van der Waals surface area contributed by atoms with Crippen LogP contribution in [0.15, 0.2) is 65.2 Å². The fourth-order valence-electron chi connectivity index (χ4n) is 4.53.